The highest BCUT2D eigenvalue weighted by molar-refractivity contribution is 9.08. The van der Waals surface area contributed by atoms with Crippen LogP contribution in [0.5, 0.6) is 0 Å². The molecule has 2 nitrogen and oxygen atoms in total. The molecule has 0 unspecified atom stereocenters. The number of amides is 1. The van der Waals surface area contributed by atoms with Crippen LogP contribution in [0.4, 0.5) is 0 Å². The summed E-state index contributed by atoms with van der Waals surface area (Å²) in [5.41, 5.74) is 3.20. The highest BCUT2D eigenvalue weighted by atomic mass is 79.9. The number of aryl methyl sites for hydroxylation is 1. The molecule has 1 N–H and O–H groups in total. The summed E-state index contributed by atoms with van der Waals surface area (Å²) in [6.07, 6.45) is 1.01. The van der Waals surface area contributed by atoms with E-state index in [1.54, 1.807) is 11.3 Å². The zero-order valence-corrected chi connectivity index (χ0v) is 13.2. The Kier molecular flexibility index (Phi) is 5.16. The second-order valence-corrected chi connectivity index (χ2v) is 5.80. The van der Waals surface area contributed by atoms with Gasteiger partial charge in [0.05, 0.1) is 6.54 Å². The molecule has 4 heteroatoms. The van der Waals surface area contributed by atoms with Crippen molar-refractivity contribution >= 4 is 33.2 Å². The van der Waals surface area contributed by atoms with Gasteiger partial charge >= 0.3 is 0 Å². The number of alkyl halides is 1. The molecule has 1 aromatic heterocycles. The highest BCUT2D eigenvalue weighted by Crippen LogP contribution is 2.17. The van der Waals surface area contributed by atoms with Crippen LogP contribution in [0.25, 0.3) is 0 Å². The van der Waals surface area contributed by atoms with Gasteiger partial charge in [-0.15, -0.1) is 11.3 Å². The van der Waals surface area contributed by atoms with Crippen molar-refractivity contribution in [2.75, 3.05) is 0 Å². The molecular formula is C15H16BrNOS. The van der Waals surface area contributed by atoms with Crippen LogP contribution in [0.15, 0.2) is 35.7 Å². The summed E-state index contributed by atoms with van der Waals surface area (Å²) in [4.78, 5) is 13.3. The zero-order chi connectivity index (χ0) is 13.7. The van der Waals surface area contributed by atoms with Crippen LogP contribution >= 0.6 is 27.3 Å². The third kappa shape index (κ3) is 3.67. The number of carbonyl (C=O) groups is 1. The van der Waals surface area contributed by atoms with E-state index in [-0.39, 0.29) is 5.91 Å². The average Bonchev–Trinajstić information content (AvgIpc) is 2.92. The Balaban J connectivity index is 1.97. The first kappa shape index (κ1) is 14.3. The van der Waals surface area contributed by atoms with Gasteiger partial charge in [0.15, 0.2) is 0 Å². The topological polar surface area (TPSA) is 29.1 Å². The van der Waals surface area contributed by atoms with E-state index in [0.29, 0.717) is 12.1 Å². The molecule has 2 aromatic rings. The molecule has 0 aliphatic carbocycles. The van der Waals surface area contributed by atoms with E-state index < -0.39 is 0 Å². The van der Waals surface area contributed by atoms with Crippen molar-refractivity contribution in [1.82, 2.24) is 5.32 Å². The molecule has 0 fully saturated rings. The average molecular weight is 338 g/mol. The molecule has 0 aliphatic rings. The molecule has 19 heavy (non-hydrogen) atoms. The van der Waals surface area contributed by atoms with Crippen LogP contribution in [0.1, 0.15) is 33.3 Å². The Morgan fingerprint density at radius 2 is 2.00 bits per heavy atom. The summed E-state index contributed by atoms with van der Waals surface area (Å²) in [6, 6.07) is 9.78. The number of thiophene rings is 1. The van der Waals surface area contributed by atoms with Gasteiger partial charge in [0.25, 0.3) is 5.91 Å². The predicted octanol–water partition coefficient (Wildman–Crippen LogP) is 4.14. The van der Waals surface area contributed by atoms with Crippen molar-refractivity contribution in [2.45, 2.75) is 25.2 Å². The van der Waals surface area contributed by atoms with E-state index >= 15 is 0 Å². The Labute approximate surface area is 126 Å². The summed E-state index contributed by atoms with van der Waals surface area (Å²) in [5.74, 6) is -0.0171. The fourth-order valence-corrected chi connectivity index (χ4v) is 3.13. The first-order valence-electron chi connectivity index (χ1n) is 6.23. The van der Waals surface area contributed by atoms with Crippen LogP contribution in [-0.4, -0.2) is 5.91 Å². The number of rotatable bonds is 5. The minimum atomic E-state index is -0.0171. The summed E-state index contributed by atoms with van der Waals surface area (Å²) in [6.45, 7) is 2.74. The van der Waals surface area contributed by atoms with E-state index in [9.17, 15) is 4.79 Å². The second-order valence-electron chi connectivity index (χ2n) is 4.24. The smallest absolute Gasteiger partial charge is 0.251 e. The minimum absolute atomic E-state index is 0.0171. The first-order chi connectivity index (χ1) is 9.24. The molecule has 0 saturated heterocycles. The summed E-state index contributed by atoms with van der Waals surface area (Å²) in [5, 5.41) is 5.86. The molecule has 0 spiro atoms. The third-order valence-electron chi connectivity index (χ3n) is 3.00. The molecule has 100 valence electrons. The summed E-state index contributed by atoms with van der Waals surface area (Å²) < 4.78 is 0. The van der Waals surface area contributed by atoms with Crippen LogP contribution < -0.4 is 5.32 Å². The molecule has 0 radical (unpaired) electrons. The lowest BCUT2D eigenvalue weighted by Gasteiger charge is -2.06. The maximum Gasteiger partial charge on any atom is 0.251 e. The van der Waals surface area contributed by atoms with E-state index in [2.05, 4.69) is 39.6 Å². The Bertz CT molecular complexity index is 548. The highest BCUT2D eigenvalue weighted by Gasteiger charge is 2.07. The number of carbonyl (C=O) groups excluding carboxylic acids is 1. The lowest BCUT2D eigenvalue weighted by molar-refractivity contribution is 0.0951. The van der Waals surface area contributed by atoms with Crippen LogP contribution in [0, 0.1) is 0 Å². The Morgan fingerprint density at radius 3 is 2.63 bits per heavy atom. The van der Waals surface area contributed by atoms with Gasteiger partial charge in [0, 0.05) is 15.8 Å². The lowest BCUT2D eigenvalue weighted by Crippen LogP contribution is -2.22. The number of halogens is 1. The normalized spacial score (nSPS) is 10.4. The monoisotopic (exact) mass is 337 g/mol. The van der Waals surface area contributed by atoms with Gasteiger partial charge in [-0.1, -0.05) is 35.0 Å². The van der Waals surface area contributed by atoms with Crippen molar-refractivity contribution in [2.24, 2.45) is 0 Å². The minimum Gasteiger partial charge on any atom is -0.347 e. The fourth-order valence-electron chi connectivity index (χ4n) is 1.84. The van der Waals surface area contributed by atoms with Crippen molar-refractivity contribution in [3.8, 4) is 0 Å². The van der Waals surface area contributed by atoms with Crippen LogP contribution in [0.3, 0.4) is 0 Å². The van der Waals surface area contributed by atoms with Crippen LogP contribution in [0.2, 0.25) is 0 Å². The standard InChI is InChI=1S/C15H16BrNOS/c1-2-12-7-8-19-14(12)10-17-15(18)13-5-3-11(9-16)4-6-13/h3-8H,2,9-10H2,1H3,(H,17,18). The first-order valence-corrected chi connectivity index (χ1v) is 8.23. The number of hydrogen-bond acceptors (Lipinski definition) is 2. The largest absolute Gasteiger partial charge is 0.347 e. The van der Waals surface area contributed by atoms with Crippen molar-refractivity contribution in [3.05, 3.63) is 57.3 Å². The van der Waals surface area contributed by atoms with Crippen LogP contribution in [-0.2, 0) is 18.3 Å². The van der Waals surface area contributed by atoms with E-state index in [0.717, 1.165) is 11.8 Å². The quantitative estimate of drug-likeness (QED) is 0.816. The maximum atomic E-state index is 12.0. The molecule has 0 aliphatic heterocycles. The number of nitrogens with one attached hydrogen (secondary N) is 1. The summed E-state index contributed by atoms with van der Waals surface area (Å²) >= 11 is 5.09. The molecule has 1 heterocycles. The number of hydrogen-bond donors (Lipinski definition) is 1. The van der Waals surface area contributed by atoms with Gasteiger partial charge in [-0.2, -0.15) is 0 Å². The van der Waals surface area contributed by atoms with Gasteiger partial charge in [0.1, 0.15) is 0 Å². The lowest BCUT2D eigenvalue weighted by atomic mass is 10.1. The molecule has 0 atom stereocenters. The molecule has 2 rings (SSSR count). The van der Waals surface area contributed by atoms with Crippen molar-refractivity contribution < 1.29 is 4.79 Å². The van der Waals surface area contributed by atoms with Gasteiger partial charge in [-0.3, -0.25) is 4.79 Å². The maximum absolute atomic E-state index is 12.0. The molecule has 0 bridgehead atoms. The van der Waals surface area contributed by atoms with Gasteiger partial charge in [0.2, 0.25) is 0 Å². The molecule has 1 aromatic carbocycles. The van der Waals surface area contributed by atoms with Gasteiger partial charge < -0.3 is 5.32 Å². The second kappa shape index (κ2) is 6.87. The molecular weight excluding hydrogens is 322 g/mol. The van der Waals surface area contributed by atoms with Crippen molar-refractivity contribution in [1.29, 1.82) is 0 Å². The van der Waals surface area contributed by atoms with Gasteiger partial charge in [-0.05, 0) is 41.1 Å². The van der Waals surface area contributed by atoms with E-state index in [1.807, 2.05) is 24.3 Å². The SMILES string of the molecule is CCc1ccsc1CNC(=O)c1ccc(CBr)cc1. The third-order valence-corrected chi connectivity index (χ3v) is 4.61. The number of benzene rings is 1. The molecule has 1 amide bonds. The Morgan fingerprint density at radius 1 is 1.26 bits per heavy atom. The Hall–Kier alpha value is -1.13. The van der Waals surface area contributed by atoms with Gasteiger partial charge in [-0.25, -0.2) is 0 Å². The zero-order valence-electron chi connectivity index (χ0n) is 10.8. The molecule has 0 saturated carbocycles. The summed E-state index contributed by atoms with van der Waals surface area (Å²) in [7, 11) is 0. The van der Waals surface area contributed by atoms with E-state index in [4.69, 9.17) is 0 Å². The predicted molar refractivity (Wildman–Crippen MR) is 83.9 cm³/mol. The van der Waals surface area contributed by atoms with Crippen molar-refractivity contribution in [3.63, 3.8) is 0 Å². The van der Waals surface area contributed by atoms with E-state index in [1.165, 1.54) is 16.0 Å². The fraction of sp³-hybridized carbons (Fsp3) is 0.267.